The zero-order chi connectivity index (χ0) is 14.2. The largest absolute Gasteiger partial charge is 0.478 e. The van der Waals surface area contributed by atoms with Crippen LogP contribution in [-0.2, 0) is 14.8 Å². The van der Waals surface area contributed by atoms with Gasteiger partial charge in [-0.15, -0.1) is 0 Å². The summed E-state index contributed by atoms with van der Waals surface area (Å²) in [7, 11) is -3.19. The van der Waals surface area contributed by atoms with Crippen molar-refractivity contribution in [3.63, 3.8) is 0 Å². The number of carbonyl (C=O) groups is 1. The lowest BCUT2D eigenvalue weighted by atomic mass is 9.96. The topological polar surface area (TPSA) is 104 Å². The minimum absolute atomic E-state index is 0.159. The first kappa shape index (κ1) is 17.1. The van der Waals surface area contributed by atoms with Crippen LogP contribution in [0.4, 0.5) is 0 Å². The molecule has 0 radical (unpaired) electrons. The van der Waals surface area contributed by atoms with Gasteiger partial charge in [0.25, 0.3) is 0 Å². The van der Waals surface area contributed by atoms with Gasteiger partial charge in [0.05, 0.1) is 6.26 Å². The van der Waals surface area contributed by atoms with Gasteiger partial charge in [0.1, 0.15) is 0 Å². The van der Waals surface area contributed by atoms with Crippen molar-refractivity contribution >= 4 is 16.0 Å². The monoisotopic (exact) mass is 279 g/mol. The second-order valence-electron chi connectivity index (χ2n) is 4.12. The normalized spacial score (nSPS) is 19.5. The molecule has 1 unspecified atom stereocenters. The van der Waals surface area contributed by atoms with Crippen molar-refractivity contribution < 1.29 is 23.4 Å². The molecule has 0 spiro atoms. The smallest absolute Gasteiger partial charge is 0.331 e. The number of hydrogen-bond donors (Lipinski definition) is 3. The minimum Gasteiger partial charge on any atom is -0.478 e. The van der Waals surface area contributed by atoms with Gasteiger partial charge in [-0.05, 0) is 25.7 Å². The van der Waals surface area contributed by atoms with Gasteiger partial charge in [-0.2, -0.15) is 0 Å². The Labute approximate surface area is 108 Å². The van der Waals surface area contributed by atoms with E-state index in [0.29, 0.717) is 31.4 Å². The molecule has 106 valence electrons. The van der Waals surface area contributed by atoms with E-state index in [2.05, 4.69) is 4.72 Å². The summed E-state index contributed by atoms with van der Waals surface area (Å²) in [5.74, 6) is -0.914. The summed E-state index contributed by atoms with van der Waals surface area (Å²) in [6.07, 6.45) is 4.97. The van der Waals surface area contributed by atoms with E-state index >= 15 is 0 Å². The van der Waals surface area contributed by atoms with E-state index in [1.54, 1.807) is 6.08 Å². The third kappa shape index (κ3) is 8.21. The lowest BCUT2D eigenvalue weighted by Gasteiger charge is -2.20. The van der Waals surface area contributed by atoms with Crippen LogP contribution in [0.1, 0.15) is 32.6 Å². The quantitative estimate of drug-likeness (QED) is 0.694. The Morgan fingerprint density at radius 1 is 1.56 bits per heavy atom. The van der Waals surface area contributed by atoms with Gasteiger partial charge >= 0.3 is 5.97 Å². The number of carboxylic acid groups (broad SMARTS) is 1. The van der Waals surface area contributed by atoms with E-state index in [1.807, 2.05) is 6.92 Å². The highest BCUT2D eigenvalue weighted by atomic mass is 32.2. The first-order chi connectivity index (χ1) is 8.30. The number of rotatable bonds is 4. The number of aliphatic hydroxyl groups excluding tert-OH is 1. The summed E-state index contributed by atoms with van der Waals surface area (Å²) in [5, 5.41) is 16.5. The maximum absolute atomic E-state index is 10.9. The first-order valence-electron chi connectivity index (χ1n) is 5.80. The SMILES string of the molecule is CCCO.CS(=O)(=O)NC1CC=C(C(=O)O)CC1. The van der Waals surface area contributed by atoms with Crippen LogP contribution in [0.5, 0.6) is 0 Å². The number of aliphatic hydroxyl groups is 1. The second-order valence-corrected chi connectivity index (χ2v) is 5.90. The Morgan fingerprint density at radius 2 is 2.11 bits per heavy atom. The average molecular weight is 279 g/mol. The first-order valence-corrected chi connectivity index (χ1v) is 7.69. The van der Waals surface area contributed by atoms with Gasteiger partial charge in [0.2, 0.25) is 10.0 Å². The number of nitrogens with one attached hydrogen (secondary N) is 1. The maximum atomic E-state index is 10.9. The molecule has 0 aromatic rings. The van der Waals surface area contributed by atoms with Gasteiger partial charge in [-0.3, -0.25) is 0 Å². The number of carboxylic acids is 1. The van der Waals surface area contributed by atoms with Crippen molar-refractivity contribution in [2.24, 2.45) is 0 Å². The van der Waals surface area contributed by atoms with Gasteiger partial charge in [-0.25, -0.2) is 17.9 Å². The summed E-state index contributed by atoms with van der Waals surface area (Å²) in [4.78, 5) is 10.5. The molecule has 1 aliphatic rings. The standard InChI is InChI=1S/C8H13NO4S.C3H8O/c1-14(12,13)9-7-4-2-6(3-5-7)8(10)11;1-2-3-4/h2,7,9H,3-5H2,1H3,(H,10,11);4H,2-3H2,1H3. The fourth-order valence-corrected chi connectivity index (χ4v) is 2.26. The van der Waals surface area contributed by atoms with Crippen LogP contribution in [0, 0.1) is 0 Å². The van der Waals surface area contributed by atoms with E-state index in [-0.39, 0.29) is 6.04 Å². The number of hydrogen-bond acceptors (Lipinski definition) is 4. The Morgan fingerprint density at radius 3 is 2.39 bits per heavy atom. The van der Waals surface area contributed by atoms with Gasteiger partial charge in [0.15, 0.2) is 0 Å². The third-order valence-corrected chi connectivity index (χ3v) is 3.05. The molecule has 6 nitrogen and oxygen atoms in total. The number of sulfonamides is 1. The molecule has 0 fully saturated rings. The fraction of sp³-hybridized carbons (Fsp3) is 0.727. The van der Waals surface area contributed by atoms with Crippen molar-refractivity contribution in [1.82, 2.24) is 4.72 Å². The molecule has 0 amide bonds. The van der Waals surface area contributed by atoms with Crippen LogP contribution in [0.25, 0.3) is 0 Å². The molecule has 0 bridgehead atoms. The summed E-state index contributed by atoms with van der Waals surface area (Å²) < 4.78 is 24.2. The Bertz CT molecular complexity index is 386. The molecule has 1 rings (SSSR count). The maximum Gasteiger partial charge on any atom is 0.331 e. The van der Waals surface area contributed by atoms with Crippen LogP contribution >= 0.6 is 0 Å². The molecule has 0 heterocycles. The van der Waals surface area contributed by atoms with Crippen LogP contribution in [0.2, 0.25) is 0 Å². The lowest BCUT2D eigenvalue weighted by molar-refractivity contribution is -0.132. The van der Waals surface area contributed by atoms with Gasteiger partial charge < -0.3 is 10.2 Å². The molecule has 0 aliphatic heterocycles. The predicted molar refractivity (Wildman–Crippen MR) is 68.7 cm³/mol. The van der Waals surface area contributed by atoms with Crippen molar-refractivity contribution in [2.45, 2.75) is 38.6 Å². The Balaban J connectivity index is 0.000000631. The molecule has 0 aromatic heterocycles. The molecular formula is C11H21NO5S. The summed E-state index contributed by atoms with van der Waals surface area (Å²) >= 11 is 0. The third-order valence-electron chi connectivity index (χ3n) is 2.29. The molecule has 1 aliphatic carbocycles. The molecule has 7 heteroatoms. The van der Waals surface area contributed by atoms with Gasteiger partial charge in [0, 0.05) is 18.2 Å². The van der Waals surface area contributed by atoms with Gasteiger partial charge in [-0.1, -0.05) is 13.0 Å². The van der Waals surface area contributed by atoms with Crippen LogP contribution in [-0.4, -0.2) is 43.5 Å². The average Bonchev–Trinajstić information content (AvgIpc) is 2.28. The van der Waals surface area contributed by atoms with E-state index < -0.39 is 16.0 Å². The highest BCUT2D eigenvalue weighted by Crippen LogP contribution is 2.18. The summed E-state index contributed by atoms with van der Waals surface area (Å²) in [6, 6.07) is -0.159. The summed E-state index contributed by atoms with van der Waals surface area (Å²) in [6.45, 7) is 2.25. The van der Waals surface area contributed by atoms with Crippen molar-refractivity contribution in [3.05, 3.63) is 11.6 Å². The van der Waals surface area contributed by atoms with Crippen molar-refractivity contribution in [2.75, 3.05) is 12.9 Å². The van der Waals surface area contributed by atoms with Crippen molar-refractivity contribution in [1.29, 1.82) is 0 Å². The zero-order valence-electron chi connectivity index (χ0n) is 10.7. The van der Waals surface area contributed by atoms with Crippen molar-refractivity contribution in [3.8, 4) is 0 Å². The lowest BCUT2D eigenvalue weighted by Crippen LogP contribution is -2.35. The van der Waals surface area contributed by atoms with E-state index in [0.717, 1.165) is 12.7 Å². The summed E-state index contributed by atoms with van der Waals surface area (Å²) in [5.41, 5.74) is 0.372. The van der Waals surface area contributed by atoms with E-state index in [9.17, 15) is 13.2 Å². The molecule has 18 heavy (non-hydrogen) atoms. The molecule has 3 N–H and O–H groups in total. The Kier molecular flexibility index (Phi) is 7.81. The number of aliphatic carboxylic acids is 1. The zero-order valence-corrected chi connectivity index (χ0v) is 11.5. The van der Waals surface area contributed by atoms with Crippen LogP contribution in [0.15, 0.2) is 11.6 Å². The molecule has 0 saturated heterocycles. The predicted octanol–water partition coefficient (Wildman–Crippen LogP) is 0.488. The van der Waals surface area contributed by atoms with Crippen LogP contribution in [0.3, 0.4) is 0 Å². The molecule has 0 saturated carbocycles. The minimum atomic E-state index is -3.19. The fourth-order valence-electron chi connectivity index (χ4n) is 1.44. The van der Waals surface area contributed by atoms with E-state index in [4.69, 9.17) is 10.2 Å². The van der Waals surface area contributed by atoms with Crippen LogP contribution < -0.4 is 4.72 Å². The second kappa shape index (κ2) is 8.23. The van der Waals surface area contributed by atoms with E-state index in [1.165, 1.54) is 0 Å². The molecule has 1 atom stereocenters. The highest BCUT2D eigenvalue weighted by molar-refractivity contribution is 7.88. The Hall–Kier alpha value is -0.920. The molecular weight excluding hydrogens is 258 g/mol. The molecule has 0 aromatic carbocycles. The highest BCUT2D eigenvalue weighted by Gasteiger charge is 2.20.